The Balaban J connectivity index is 1.59. The molecule has 6 heteroatoms. The largest absolute Gasteiger partial charge is 0.481 e. The van der Waals surface area contributed by atoms with Crippen molar-refractivity contribution in [2.45, 2.75) is 51.5 Å². The zero-order valence-corrected chi connectivity index (χ0v) is 13.7. The number of aliphatic carboxylic acids is 1. The molecule has 3 rings (SSSR count). The number of nitrogens with one attached hydrogen (secondary N) is 1. The zero-order chi connectivity index (χ0) is 16.2. The number of hydrogen-bond donors (Lipinski definition) is 2. The first-order chi connectivity index (χ1) is 11.1. The standard InChI is InChI=1S/C17H26N4O2/c1-12-3-2-8-21(10-12)16-9-15(18-11-19-16)20-14-6-4-13(5-7-14)17(22)23/h9,11-14H,2-8,10H2,1H3,(H,22,23)(H,18,19,20). The van der Waals surface area contributed by atoms with Gasteiger partial charge in [-0.3, -0.25) is 4.79 Å². The van der Waals surface area contributed by atoms with Crippen LogP contribution < -0.4 is 10.2 Å². The van der Waals surface area contributed by atoms with E-state index < -0.39 is 5.97 Å². The Bertz CT molecular complexity index is 543. The topological polar surface area (TPSA) is 78.4 Å². The lowest BCUT2D eigenvalue weighted by atomic mass is 9.86. The van der Waals surface area contributed by atoms with E-state index >= 15 is 0 Å². The molecule has 1 aliphatic carbocycles. The predicted octanol–water partition coefficient (Wildman–Crippen LogP) is 2.77. The number of piperidine rings is 1. The monoisotopic (exact) mass is 318 g/mol. The van der Waals surface area contributed by atoms with Crippen molar-refractivity contribution in [3.8, 4) is 0 Å². The second kappa shape index (κ2) is 7.15. The third kappa shape index (κ3) is 4.12. The molecular weight excluding hydrogens is 292 g/mol. The maximum Gasteiger partial charge on any atom is 0.306 e. The van der Waals surface area contributed by atoms with E-state index in [1.165, 1.54) is 12.8 Å². The lowest BCUT2D eigenvalue weighted by Crippen LogP contribution is -2.35. The molecule has 1 saturated heterocycles. The summed E-state index contributed by atoms with van der Waals surface area (Å²) in [5.41, 5.74) is 0. The van der Waals surface area contributed by atoms with E-state index in [0.29, 0.717) is 12.0 Å². The van der Waals surface area contributed by atoms with E-state index in [0.717, 1.165) is 50.4 Å². The molecule has 126 valence electrons. The van der Waals surface area contributed by atoms with E-state index in [1.54, 1.807) is 6.33 Å². The van der Waals surface area contributed by atoms with Crippen LogP contribution in [-0.2, 0) is 4.79 Å². The average molecular weight is 318 g/mol. The number of aromatic nitrogens is 2. The van der Waals surface area contributed by atoms with Gasteiger partial charge in [0.15, 0.2) is 0 Å². The van der Waals surface area contributed by atoms with E-state index in [1.807, 2.05) is 6.07 Å². The van der Waals surface area contributed by atoms with Crippen LogP contribution in [0.1, 0.15) is 45.4 Å². The number of anilines is 2. The van der Waals surface area contributed by atoms with Gasteiger partial charge in [0, 0.05) is 25.2 Å². The van der Waals surface area contributed by atoms with Crippen LogP contribution in [0.15, 0.2) is 12.4 Å². The second-order valence-corrected chi connectivity index (χ2v) is 6.99. The molecule has 23 heavy (non-hydrogen) atoms. The number of rotatable bonds is 4. The van der Waals surface area contributed by atoms with Gasteiger partial charge in [-0.25, -0.2) is 9.97 Å². The van der Waals surface area contributed by atoms with Gasteiger partial charge >= 0.3 is 5.97 Å². The van der Waals surface area contributed by atoms with Gasteiger partial charge in [0.25, 0.3) is 0 Å². The highest BCUT2D eigenvalue weighted by Gasteiger charge is 2.26. The van der Waals surface area contributed by atoms with Crippen molar-refractivity contribution in [1.29, 1.82) is 0 Å². The van der Waals surface area contributed by atoms with Gasteiger partial charge in [0.2, 0.25) is 0 Å². The number of carbonyl (C=O) groups is 1. The first-order valence-electron chi connectivity index (χ1n) is 8.68. The summed E-state index contributed by atoms with van der Waals surface area (Å²) >= 11 is 0. The second-order valence-electron chi connectivity index (χ2n) is 6.99. The Kier molecular flexibility index (Phi) is 4.98. The van der Waals surface area contributed by atoms with E-state index in [4.69, 9.17) is 5.11 Å². The third-order valence-electron chi connectivity index (χ3n) is 5.06. The summed E-state index contributed by atoms with van der Waals surface area (Å²) in [4.78, 5) is 22.1. The van der Waals surface area contributed by atoms with Crippen molar-refractivity contribution in [2.24, 2.45) is 11.8 Å². The van der Waals surface area contributed by atoms with Crippen LogP contribution in [-0.4, -0.2) is 40.2 Å². The Labute approximate surface area is 137 Å². The fourth-order valence-electron chi connectivity index (χ4n) is 3.69. The molecule has 2 heterocycles. The fourth-order valence-corrected chi connectivity index (χ4v) is 3.69. The van der Waals surface area contributed by atoms with Crippen molar-refractivity contribution in [1.82, 2.24) is 9.97 Å². The predicted molar refractivity (Wildman–Crippen MR) is 89.6 cm³/mol. The minimum absolute atomic E-state index is 0.177. The van der Waals surface area contributed by atoms with Gasteiger partial charge in [0.05, 0.1) is 5.92 Å². The summed E-state index contributed by atoms with van der Waals surface area (Å²) in [6.45, 7) is 4.40. The third-order valence-corrected chi connectivity index (χ3v) is 5.06. The number of carboxylic acids is 1. The lowest BCUT2D eigenvalue weighted by Gasteiger charge is -2.32. The molecule has 1 unspecified atom stereocenters. The quantitative estimate of drug-likeness (QED) is 0.889. The van der Waals surface area contributed by atoms with E-state index in [9.17, 15) is 4.79 Å². The number of hydrogen-bond acceptors (Lipinski definition) is 5. The molecular formula is C17H26N4O2. The molecule has 1 aromatic heterocycles. The molecule has 0 spiro atoms. The maximum absolute atomic E-state index is 11.0. The highest BCUT2D eigenvalue weighted by molar-refractivity contribution is 5.70. The molecule has 2 N–H and O–H groups in total. The molecule has 6 nitrogen and oxygen atoms in total. The van der Waals surface area contributed by atoms with Crippen LogP contribution in [0.5, 0.6) is 0 Å². The summed E-state index contributed by atoms with van der Waals surface area (Å²) in [5.74, 6) is 1.72. The summed E-state index contributed by atoms with van der Waals surface area (Å²) < 4.78 is 0. The summed E-state index contributed by atoms with van der Waals surface area (Å²) in [6, 6.07) is 2.34. The first-order valence-corrected chi connectivity index (χ1v) is 8.68. The molecule has 1 aliphatic heterocycles. The van der Waals surface area contributed by atoms with Crippen LogP contribution in [0, 0.1) is 11.8 Å². The van der Waals surface area contributed by atoms with Crippen molar-refractivity contribution >= 4 is 17.6 Å². The van der Waals surface area contributed by atoms with Crippen molar-refractivity contribution in [3.05, 3.63) is 12.4 Å². The molecule has 0 bridgehead atoms. The van der Waals surface area contributed by atoms with Crippen molar-refractivity contribution in [2.75, 3.05) is 23.3 Å². The summed E-state index contributed by atoms with van der Waals surface area (Å²) in [5, 5.41) is 12.5. The van der Waals surface area contributed by atoms with Gasteiger partial charge in [-0.05, 0) is 44.4 Å². The molecule has 1 saturated carbocycles. The zero-order valence-electron chi connectivity index (χ0n) is 13.7. The van der Waals surface area contributed by atoms with Gasteiger partial charge in [-0.2, -0.15) is 0 Å². The Morgan fingerprint density at radius 3 is 2.74 bits per heavy atom. The highest BCUT2D eigenvalue weighted by Crippen LogP contribution is 2.27. The molecule has 2 aliphatic rings. The Hall–Kier alpha value is -1.85. The summed E-state index contributed by atoms with van der Waals surface area (Å²) in [7, 11) is 0. The highest BCUT2D eigenvalue weighted by atomic mass is 16.4. The Morgan fingerprint density at radius 1 is 1.26 bits per heavy atom. The van der Waals surface area contributed by atoms with Crippen molar-refractivity contribution < 1.29 is 9.90 Å². The van der Waals surface area contributed by atoms with Gasteiger partial charge in [0.1, 0.15) is 18.0 Å². The molecule has 2 fully saturated rings. The number of carboxylic acid groups (broad SMARTS) is 1. The van der Waals surface area contributed by atoms with Gasteiger partial charge in [-0.15, -0.1) is 0 Å². The molecule has 0 aromatic carbocycles. The van der Waals surface area contributed by atoms with Crippen LogP contribution in [0.4, 0.5) is 11.6 Å². The first kappa shape index (κ1) is 16.0. The minimum Gasteiger partial charge on any atom is -0.481 e. The normalized spacial score (nSPS) is 28.4. The van der Waals surface area contributed by atoms with E-state index in [-0.39, 0.29) is 5.92 Å². The Morgan fingerprint density at radius 2 is 2.04 bits per heavy atom. The average Bonchev–Trinajstić information content (AvgIpc) is 2.56. The van der Waals surface area contributed by atoms with Crippen LogP contribution >= 0.6 is 0 Å². The maximum atomic E-state index is 11.0. The molecule has 1 aromatic rings. The molecule has 0 amide bonds. The molecule has 1 atom stereocenters. The van der Waals surface area contributed by atoms with Gasteiger partial charge < -0.3 is 15.3 Å². The molecule has 0 radical (unpaired) electrons. The fraction of sp³-hybridized carbons (Fsp3) is 0.706. The van der Waals surface area contributed by atoms with Crippen LogP contribution in [0.2, 0.25) is 0 Å². The lowest BCUT2D eigenvalue weighted by molar-refractivity contribution is -0.142. The summed E-state index contributed by atoms with van der Waals surface area (Å²) in [6.07, 6.45) is 7.39. The minimum atomic E-state index is -0.660. The van der Waals surface area contributed by atoms with Crippen LogP contribution in [0.3, 0.4) is 0 Å². The SMILES string of the molecule is CC1CCCN(c2cc(NC3CCC(C(=O)O)CC3)ncn2)C1. The van der Waals surface area contributed by atoms with Crippen LogP contribution in [0.25, 0.3) is 0 Å². The van der Waals surface area contributed by atoms with Crippen molar-refractivity contribution in [3.63, 3.8) is 0 Å². The number of nitrogens with zero attached hydrogens (tertiary/aromatic N) is 3. The van der Waals surface area contributed by atoms with Gasteiger partial charge in [-0.1, -0.05) is 6.92 Å². The smallest absolute Gasteiger partial charge is 0.306 e. The van der Waals surface area contributed by atoms with E-state index in [2.05, 4.69) is 27.1 Å².